The molecule has 0 spiro atoms. The van der Waals surface area contributed by atoms with Gasteiger partial charge in [-0.3, -0.25) is 4.79 Å². The first-order valence-electron chi connectivity index (χ1n) is 7.86. The molecule has 2 aromatic rings. The number of benzene rings is 1. The van der Waals surface area contributed by atoms with Crippen molar-refractivity contribution in [1.29, 1.82) is 0 Å². The lowest BCUT2D eigenvalue weighted by molar-refractivity contribution is -0.137. The third-order valence-electron chi connectivity index (χ3n) is 3.56. The number of halogens is 3. The monoisotopic (exact) mass is 386 g/mol. The van der Waals surface area contributed by atoms with Crippen LogP contribution < -0.4 is 5.32 Å². The molecule has 0 unspecified atom stereocenters. The number of hydrogen-bond donors (Lipinski definition) is 2. The maximum atomic E-state index is 12.6. The fraction of sp³-hybridized carbons (Fsp3) is 0.353. The van der Waals surface area contributed by atoms with E-state index in [9.17, 15) is 22.8 Å². The largest absolute Gasteiger partial charge is 0.476 e. The van der Waals surface area contributed by atoms with Crippen LogP contribution in [0.5, 0.6) is 0 Å². The minimum absolute atomic E-state index is 0.0163. The third-order valence-corrected chi connectivity index (χ3v) is 4.46. The van der Waals surface area contributed by atoms with Gasteiger partial charge in [0.15, 0.2) is 5.69 Å². The highest BCUT2D eigenvalue weighted by Crippen LogP contribution is 2.29. The molecule has 2 rings (SSSR count). The Morgan fingerprint density at radius 1 is 1.23 bits per heavy atom. The van der Waals surface area contributed by atoms with Crippen molar-refractivity contribution in [2.75, 3.05) is 6.54 Å². The molecule has 5 nitrogen and oxygen atoms in total. The summed E-state index contributed by atoms with van der Waals surface area (Å²) in [5, 5.41) is 13.5. The number of thiazole rings is 1. The van der Waals surface area contributed by atoms with E-state index in [-0.39, 0.29) is 18.0 Å². The topological polar surface area (TPSA) is 79.3 Å². The maximum Gasteiger partial charge on any atom is 0.416 e. The molecule has 140 valence electrons. The fourth-order valence-corrected chi connectivity index (χ4v) is 3.05. The second-order valence-corrected chi connectivity index (χ2v) is 6.53. The Labute approximate surface area is 151 Å². The Balaban J connectivity index is 1.69. The van der Waals surface area contributed by atoms with Crippen LogP contribution in [0, 0.1) is 0 Å². The first kappa shape index (κ1) is 19.9. The number of carboxylic acid groups (broad SMARTS) is 1. The Kier molecular flexibility index (Phi) is 6.73. The normalized spacial score (nSPS) is 11.3. The van der Waals surface area contributed by atoms with Gasteiger partial charge in [-0.05, 0) is 24.5 Å². The van der Waals surface area contributed by atoms with Crippen LogP contribution in [0.3, 0.4) is 0 Å². The van der Waals surface area contributed by atoms with Crippen LogP contribution >= 0.6 is 11.3 Å². The average molecular weight is 386 g/mol. The Hall–Kier alpha value is -2.42. The molecular formula is C17H17F3N2O3S. The molecule has 2 N–H and O–H groups in total. The number of carbonyl (C=O) groups is 2. The van der Waals surface area contributed by atoms with Gasteiger partial charge in [0.25, 0.3) is 0 Å². The van der Waals surface area contributed by atoms with Crippen LogP contribution in [0.2, 0.25) is 0 Å². The van der Waals surface area contributed by atoms with E-state index in [1.165, 1.54) is 22.8 Å². The summed E-state index contributed by atoms with van der Waals surface area (Å²) in [6.07, 6.45) is -2.92. The van der Waals surface area contributed by atoms with Gasteiger partial charge < -0.3 is 10.4 Å². The molecule has 1 aromatic carbocycles. The summed E-state index contributed by atoms with van der Waals surface area (Å²) in [7, 11) is 0. The summed E-state index contributed by atoms with van der Waals surface area (Å²) < 4.78 is 37.9. The molecule has 1 heterocycles. The van der Waals surface area contributed by atoms with Gasteiger partial charge in [0.2, 0.25) is 5.91 Å². The molecule has 1 amide bonds. The van der Waals surface area contributed by atoms with Gasteiger partial charge in [0, 0.05) is 24.8 Å². The minimum Gasteiger partial charge on any atom is -0.476 e. The standard InChI is InChI=1S/C17H17F3N2O3S/c18-17(19,20)12-5-1-3-11(9-12)4-2-6-14(23)21-8-7-15-22-13(10-26-15)16(24)25/h1,3,5,9-10H,2,4,6-8H2,(H,21,23)(H,24,25). The maximum absolute atomic E-state index is 12.6. The van der Waals surface area contributed by atoms with E-state index in [2.05, 4.69) is 10.3 Å². The number of nitrogens with one attached hydrogen (secondary N) is 1. The second kappa shape index (κ2) is 8.79. The molecule has 0 saturated carbocycles. The molecule has 0 aliphatic rings. The molecule has 26 heavy (non-hydrogen) atoms. The molecule has 9 heteroatoms. The molecule has 0 atom stereocenters. The fourth-order valence-electron chi connectivity index (χ4n) is 2.28. The Morgan fingerprint density at radius 2 is 2.00 bits per heavy atom. The van der Waals surface area contributed by atoms with Gasteiger partial charge >= 0.3 is 12.1 Å². The van der Waals surface area contributed by atoms with Crippen molar-refractivity contribution in [1.82, 2.24) is 10.3 Å². The van der Waals surface area contributed by atoms with Gasteiger partial charge in [-0.25, -0.2) is 9.78 Å². The average Bonchev–Trinajstić information content (AvgIpc) is 3.03. The lowest BCUT2D eigenvalue weighted by Gasteiger charge is -2.08. The zero-order valence-electron chi connectivity index (χ0n) is 13.7. The van der Waals surface area contributed by atoms with E-state index in [4.69, 9.17) is 5.11 Å². The first-order valence-corrected chi connectivity index (χ1v) is 8.74. The highest BCUT2D eigenvalue weighted by Gasteiger charge is 2.30. The number of hydrogen-bond acceptors (Lipinski definition) is 4. The molecule has 0 aliphatic heterocycles. The summed E-state index contributed by atoms with van der Waals surface area (Å²) in [4.78, 5) is 26.4. The van der Waals surface area contributed by atoms with Crippen LogP contribution in [0.1, 0.15) is 39.5 Å². The predicted octanol–water partition coefficient (Wildman–Crippen LogP) is 3.54. The number of aromatic nitrogens is 1. The van der Waals surface area contributed by atoms with E-state index in [0.717, 1.165) is 12.1 Å². The number of alkyl halides is 3. The van der Waals surface area contributed by atoms with Crippen LogP contribution in [0.25, 0.3) is 0 Å². The van der Waals surface area contributed by atoms with Crippen molar-refractivity contribution >= 4 is 23.2 Å². The van der Waals surface area contributed by atoms with Crippen molar-refractivity contribution in [3.05, 3.63) is 51.5 Å². The molecule has 0 aliphatic carbocycles. The van der Waals surface area contributed by atoms with Gasteiger partial charge in [-0.2, -0.15) is 13.2 Å². The van der Waals surface area contributed by atoms with E-state index >= 15 is 0 Å². The summed E-state index contributed by atoms with van der Waals surface area (Å²) in [6.45, 7) is 0.328. The summed E-state index contributed by atoms with van der Waals surface area (Å²) >= 11 is 1.21. The lowest BCUT2D eigenvalue weighted by Crippen LogP contribution is -2.25. The van der Waals surface area contributed by atoms with Crippen molar-refractivity contribution in [3.63, 3.8) is 0 Å². The molecular weight excluding hydrogens is 369 g/mol. The van der Waals surface area contributed by atoms with Crippen molar-refractivity contribution in [3.8, 4) is 0 Å². The van der Waals surface area contributed by atoms with E-state index < -0.39 is 17.7 Å². The number of carbonyl (C=O) groups excluding carboxylic acids is 1. The van der Waals surface area contributed by atoms with Crippen LogP contribution in [0.15, 0.2) is 29.6 Å². The Morgan fingerprint density at radius 3 is 2.65 bits per heavy atom. The Bertz CT molecular complexity index is 775. The predicted molar refractivity (Wildman–Crippen MR) is 90.2 cm³/mol. The molecule has 1 aromatic heterocycles. The van der Waals surface area contributed by atoms with Gasteiger partial charge in [-0.15, -0.1) is 11.3 Å². The van der Waals surface area contributed by atoms with Gasteiger partial charge in [0.05, 0.1) is 10.6 Å². The molecule has 0 saturated heterocycles. The quantitative estimate of drug-likeness (QED) is 0.727. The highest BCUT2D eigenvalue weighted by atomic mass is 32.1. The highest BCUT2D eigenvalue weighted by molar-refractivity contribution is 7.09. The molecule has 0 radical (unpaired) electrons. The molecule has 0 bridgehead atoms. The third kappa shape index (κ3) is 6.14. The summed E-state index contributed by atoms with van der Waals surface area (Å²) in [6, 6.07) is 5.08. The number of rotatable bonds is 8. The second-order valence-electron chi connectivity index (χ2n) is 5.58. The number of aryl methyl sites for hydroxylation is 1. The number of aromatic carboxylic acids is 1. The van der Waals surface area contributed by atoms with E-state index in [1.807, 2.05) is 0 Å². The number of carboxylic acids is 1. The zero-order chi connectivity index (χ0) is 19.2. The van der Waals surface area contributed by atoms with Crippen molar-refractivity contribution in [2.24, 2.45) is 0 Å². The summed E-state index contributed by atoms with van der Waals surface area (Å²) in [5.41, 5.74) is -0.169. The van der Waals surface area contributed by atoms with Gasteiger partial charge in [0.1, 0.15) is 0 Å². The first-order chi connectivity index (χ1) is 12.3. The van der Waals surface area contributed by atoms with Gasteiger partial charge in [-0.1, -0.05) is 18.2 Å². The van der Waals surface area contributed by atoms with Crippen molar-refractivity contribution in [2.45, 2.75) is 31.9 Å². The van der Waals surface area contributed by atoms with Crippen LogP contribution in [0.4, 0.5) is 13.2 Å². The van der Waals surface area contributed by atoms with E-state index in [0.29, 0.717) is 36.4 Å². The smallest absolute Gasteiger partial charge is 0.416 e. The minimum atomic E-state index is -4.37. The number of nitrogens with zero attached hydrogens (tertiary/aromatic N) is 1. The number of amides is 1. The SMILES string of the molecule is O=C(CCCc1cccc(C(F)(F)F)c1)NCCc1nc(C(=O)O)cs1. The van der Waals surface area contributed by atoms with Crippen molar-refractivity contribution < 1.29 is 27.9 Å². The van der Waals surface area contributed by atoms with Crippen LogP contribution in [-0.2, 0) is 23.8 Å². The van der Waals surface area contributed by atoms with E-state index in [1.54, 1.807) is 6.07 Å². The summed E-state index contributed by atoms with van der Waals surface area (Å²) in [5.74, 6) is -1.29. The lowest BCUT2D eigenvalue weighted by atomic mass is 10.0. The zero-order valence-corrected chi connectivity index (χ0v) is 14.5. The van der Waals surface area contributed by atoms with Crippen LogP contribution in [-0.4, -0.2) is 28.5 Å². The molecule has 0 fully saturated rings.